The van der Waals surface area contributed by atoms with Crippen molar-refractivity contribution >= 4 is 17.0 Å². The van der Waals surface area contributed by atoms with Crippen molar-refractivity contribution in [1.82, 2.24) is 20.2 Å². The number of para-hydroxylation sites is 2. The Labute approximate surface area is 190 Å². The van der Waals surface area contributed by atoms with Crippen LogP contribution in [-0.4, -0.2) is 48.9 Å². The van der Waals surface area contributed by atoms with E-state index in [0.29, 0.717) is 6.54 Å². The van der Waals surface area contributed by atoms with Gasteiger partial charge in [0.25, 0.3) is 0 Å². The van der Waals surface area contributed by atoms with Gasteiger partial charge in [-0.3, -0.25) is 0 Å². The first kappa shape index (κ1) is 23.6. The van der Waals surface area contributed by atoms with Crippen molar-refractivity contribution in [1.29, 1.82) is 0 Å². The number of imidazole rings is 1. The molecular weight excluding hydrogens is 402 g/mol. The lowest BCUT2D eigenvalue weighted by atomic mass is 10.2. The van der Waals surface area contributed by atoms with Gasteiger partial charge in [0.05, 0.1) is 24.7 Å². The van der Waals surface area contributed by atoms with Crippen molar-refractivity contribution in [3.05, 3.63) is 59.9 Å². The highest BCUT2D eigenvalue weighted by atomic mass is 16.5. The summed E-state index contributed by atoms with van der Waals surface area (Å²) in [4.78, 5) is 9.42. The zero-order chi connectivity index (χ0) is 22.6. The van der Waals surface area contributed by atoms with Crippen molar-refractivity contribution in [2.45, 2.75) is 39.8 Å². The molecule has 2 N–H and O–H groups in total. The lowest BCUT2D eigenvalue weighted by Gasteiger charge is -2.14. The summed E-state index contributed by atoms with van der Waals surface area (Å²) in [6, 6.07) is 16.3. The fourth-order valence-corrected chi connectivity index (χ4v) is 3.52. The topological polar surface area (TPSA) is 72.7 Å². The van der Waals surface area contributed by atoms with Crippen molar-refractivity contribution in [2.75, 3.05) is 33.4 Å². The molecule has 2 aromatic carbocycles. The number of benzene rings is 2. The number of guanidine groups is 1. The lowest BCUT2D eigenvalue weighted by Crippen LogP contribution is -2.39. The smallest absolute Gasteiger partial charge is 0.191 e. The van der Waals surface area contributed by atoms with Crippen LogP contribution < -0.4 is 15.4 Å². The fourth-order valence-electron chi connectivity index (χ4n) is 3.52. The Kier molecular flexibility index (Phi) is 9.37. The summed E-state index contributed by atoms with van der Waals surface area (Å²) in [5.74, 6) is 2.73. The second kappa shape index (κ2) is 12.7. The second-order valence-corrected chi connectivity index (χ2v) is 7.57. The average molecular weight is 438 g/mol. The Hall–Kier alpha value is -3.06. The molecule has 0 aliphatic rings. The van der Waals surface area contributed by atoms with Crippen LogP contribution in [0.1, 0.15) is 31.2 Å². The first-order valence-corrected chi connectivity index (χ1v) is 11.4. The van der Waals surface area contributed by atoms with E-state index in [1.165, 1.54) is 5.52 Å². The number of hydrogen-bond acceptors (Lipinski definition) is 4. The summed E-state index contributed by atoms with van der Waals surface area (Å²) in [6.07, 6.45) is 1.92. The van der Waals surface area contributed by atoms with Crippen molar-refractivity contribution in [3.8, 4) is 5.75 Å². The molecule has 1 heterocycles. The van der Waals surface area contributed by atoms with Crippen LogP contribution in [0.3, 0.4) is 0 Å². The Morgan fingerprint density at radius 3 is 2.53 bits per heavy atom. The van der Waals surface area contributed by atoms with E-state index in [0.717, 1.165) is 74.3 Å². The molecule has 0 atom stereocenters. The molecule has 0 fully saturated rings. The molecule has 0 aliphatic heterocycles. The molecule has 172 valence electrons. The molecule has 1 aromatic heterocycles. The molecule has 7 heteroatoms. The van der Waals surface area contributed by atoms with Gasteiger partial charge in [-0.25, -0.2) is 9.98 Å². The number of rotatable bonds is 12. The molecular formula is C25H35N5O2. The minimum Gasteiger partial charge on any atom is -0.497 e. The maximum absolute atomic E-state index is 5.43. The maximum atomic E-state index is 5.43. The molecule has 0 amide bonds. The van der Waals surface area contributed by atoms with Crippen LogP contribution in [-0.2, 0) is 17.8 Å². The Bertz CT molecular complexity index is 982. The summed E-state index contributed by atoms with van der Waals surface area (Å²) in [5, 5.41) is 6.89. The van der Waals surface area contributed by atoms with Gasteiger partial charge in [0.2, 0.25) is 0 Å². The summed E-state index contributed by atoms with van der Waals surface area (Å²) in [7, 11) is 1.68. The number of nitrogens with one attached hydrogen (secondary N) is 2. The van der Waals surface area contributed by atoms with Crippen LogP contribution in [0.2, 0.25) is 0 Å². The Morgan fingerprint density at radius 2 is 1.78 bits per heavy atom. The first-order chi connectivity index (χ1) is 15.7. The number of hydrogen-bond donors (Lipinski definition) is 2. The van der Waals surface area contributed by atoms with E-state index in [1.54, 1.807) is 7.11 Å². The summed E-state index contributed by atoms with van der Waals surface area (Å²) >= 11 is 0. The number of nitrogens with zero attached hydrogens (tertiary/aromatic N) is 3. The molecule has 3 aromatic rings. The quantitative estimate of drug-likeness (QED) is 0.255. The zero-order valence-corrected chi connectivity index (χ0v) is 19.4. The van der Waals surface area contributed by atoms with Gasteiger partial charge in [-0.15, -0.1) is 0 Å². The number of ether oxygens (including phenoxy) is 2. The third kappa shape index (κ3) is 6.99. The van der Waals surface area contributed by atoms with Gasteiger partial charge >= 0.3 is 0 Å². The van der Waals surface area contributed by atoms with Crippen LogP contribution in [0.25, 0.3) is 11.0 Å². The predicted molar refractivity (Wildman–Crippen MR) is 130 cm³/mol. The van der Waals surface area contributed by atoms with Crippen LogP contribution >= 0.6 is 0 Å². The number of aryl methyl sites for hydroxylation is 2. The Balaban J connectivity index is 1.54. The van der Waals surface area contributed by atoms with E-state index in [-0.39, 0.29) is 0 Å². The largest absolute Gasteiger partial charge is 0.497 e. The fraction of sp³-hybridized carbons (Fsp3) is 0.440. The van der Waals surface area contributed by atoms with Gasteiger partial charge < -0.3 is 24.7 Å². The number of fused-ring (bicyclic) bond motifs is 1. The van der Waals surface area contributed by atoms with Gasteiger partial charge in [-0.2, -0.15) is 0 Å². The van der Waals surface area contributed by atoms with Gasteiger partial charge in [0, 0.05) is 32.8 Å². The van der Waals surface area contributed by atoms with Gasteiger partial charge in [-0.1, -0.05) is 24.3 Å². The SMILES string of the molecule is CCOCCCNC(=NCc1ccc(OC)cc1)NCCCn1c(C)nc2ccccc21. The van der Waals surface area contributed by atoms with Crippen molar-refractivity contribution < 1.29 is 9.47 Å². The maximum Gasteiger partial charge on any atom is 0.191 e. The standard InChI is InChI=1S/C25H35N5O2/c1-4-32-18-8-16-27-25(28-19-21-11-13-22(31-3)14-12-21)26-15-7-17-30-20(2)29-23-9-5-6-10-24(23)30/h5-6,9-14H,4,7-8,15-19H2,1-3H3,(H2,26,27,28). The molecule has 0 bridgehead atoms. The summed E-state index contributed by atoms with van der Waals surface area (Å²) in [6.45, 7) is 8.75. The molecule has 7 nitrogen and oxygen atoms in total. The van der Waals surface area contributed by atoms with E-state index in [2.05, 4.69) is 45.3 Å². The average Bonchev–Trinajstić information content (AvgIpc) is 3.14. The summed E-state index contributed by atoms with van der Waals surface area (Å²) in [5.41, 5.74) is 3.38. The molecule has 0 spiro atoms. The van der Waals surface area contributed by atoms with Crippen LogP contribution in [0.15, 0.2) is 53.5 Å². The minimum absolute atomic E-state index is 0.607. The number of aliphatic imine (C=N–C) groups is 1. The second-order valence-electron chi connectivity index (χ2n) is 7.57. The molecule has 0 radical (unpaired) electrons. The molecule has 0 saturated carbocycles. The Morgan fingerprint density at radius 1 is 1.03 bits per heavy atom. The van der Waals surface area contributed by atoms with E-state index in [1.807, 2.05) is 37.3 Å². The third-order valence-electron chi connectivity index (χ3n) is 5.24. The predicted octanol–water partition coefficient (Wildman–Crippen LogP) is 3.91. The van der Waals surface area contributed by atoms with E-state index in [9.17, 15) is 0 Å². The highest BCUT2D eigenvalue weighted by molar-refractivity contribution is 5.79. The lowest BCUT2D eigenvalue weighted by molar-refractivity contribution is 0.145. The highest BCUT2D eigenvalue weighted by Gasteiger charge is 2.06. The molecule has 0 aliphatic carbocycles. The van der Waals surface area contributed by atoms with Crippen LogP contribution in [0, 0.1) is 6.92 Å². The molecule has 32 heavy (non-hydrogen) atoms. The molecule has 3 rings (SSSR count). The van der Waals surface area contributed by atoms with E-state index in [4.69, 9.17) is 14.5 Å². The zero-order valence-electron chi connectivity index (χ0n) is 19.4. The van der Waals surface area contributed by atoms with Crippen molar-refractivity contribution in [2.24, 2.45) is 4.99 Å². The minimum atomic E-state index is 0.607. The molecule has 0 saturated heterocycles. The van der Waals surface area contributed by atoms with Crippen LogP contribution in [0.5, 0.6) is 5.75 Å². The third-order valence-corrected chi connectivity index (χ3v) is 5.24. The monoisotopic (exact) mass is 437 g/mol. The number of aromatic nitrogens is 2. The first-order valence-electron chi connectivity index (χ1n) is 11.4. The number of methoxy groups -OCH3 is 1. The van der Waals surface area contributed by atoms with E-state index < -0.39 is 0 Å². The highest BCUT2D eigenvalue weighted by Crippen LogP contribution is 2.15. The summed E-state index contributed by atoms with van der Waals surface area (Å²) < 4.78 is 12.9. The normalized spacial score (nSPS) is 11.7. The van der Waals surface area contributed by atoms with Gasteiger partial charge in [0.1, 0.15) is 11.6 Å². The van der Waals surface area contributed by atoms with Gasteiger partial charge in [-0.05, 0) is 56.5 Å². The van der Waals surface area contributed by atoms with Gasteiger partial charge in [0.15, 0.2) is 5.96 Å². The van der Waals surface area contributed by atoms with E-state index >= 15 is 0 Å². The van der Waals surface area contributed by atoms with Crippen molar-refractivity contribution in [3.63, 3.8) is 0 Å². The molecule has 0 unspecified atom stereocenters. The van der Waals surface area contributed by atoms with Crippen LogP contribution in [0.4, 0.5) is 0 Å².